The van der Waals surface area contributed by atoms with Crippen LogP contribution in [0.3, 0.4) is 0 Å². The third kappa shape index (κ3) is 10.8. The summed E-state index contributed by atoms with van der Waals surface area (Å²) in [6.45, 7) is 20.7. The normalized spacial score (nSPS) is 18.6. The summed E-state index contributed by atoms with van der Waals surface area (Å²) in [6, 6.07) is 3.33. The van der Waals surface area contributed by atoms with Gasteiger partial charge in [-0.05, 0) is 37.3 Å². The second kappa shape index (κ2) is 20.6. The highest BCUT2D eigenvalue weighted by molar-refractivity contribution is 5.80. The molecule has 214 valence electrons. The summed E-state index contributed by atoms with van der Waals surface area (Å²) in [5, 5.41) is 0. The molecule has 2 aromatic rings. The largest absolute Gasteiger partial charge is 0.384 e. The summed E-state index contributed by atoms with van der Waals surface area (Å²) in [4.78, 5) is 31.8. The standard InChI is InChI=1S/C21H30FN3O2.C3H8.2C2H6.CH3NO/c1-6-7-18-13(3)9-19(25(18)21(26)14(4)11-27-5)20-23-16-8-12(2)15(22)10-17(16)24-20;1-3-2;2*1-2;2-1-3/h8,10,13-14,18-19H,6-7,9,11H2,1-5H3,(H,23,24);3H2,1-2H3;2*1-2H3;1H,(H2,2,3). The minimum absolute atomic E-state index is 0.104. The number of carbonyl (C=O) groups excluding carboxylic acids is 2. The van der Waals surface area contributed by atoms with Crippen molar-refractivity contribution >= 4 is 23.4 Å². The van der Waals surface area contributed by atoms with Gasteiger partial charge in [-0.1, -0.05) is 75.2 Å². The molecule has 2 heterocycles. The number of aryl methyl sites for hydroxylation is 1. The summed E-state index contributed by atoms with van der Waals surface area (Å²) >= 11 is 0. The first-order valence-corrected chi connectivity index (χ1v) is 13.8. The number of nitrogens with one attached hydrogen (secondary N) is 1. The van der Waals surface area contributed by atoms with Crippen molar-refractivity contribution in [2.24, 2.45) is 17.6 Å². The number of halogens is 1. The lowest BCUT2D eigenvalue weighted by Crippen LogP contribution is -2.43. The quantitative estimate of drug-likeness (QED) is 0.400. The molecule has 1 aliphatic heterocycles. The number of nitrogens with two attached hydrogens (primary N) is 1. The topological polar surface area (TPSA) is 101 Å². The highest BCUT2D eigenvalue weighted by atomic mass is 19.1. The van der Waals surface area contributed by atoms with E-state index in [9.17, 15) is 9.18 Å². The van der Waals surface area contributed by atoms with Gasteiger partial charge in [-0.2, -0.15) is 0 Å². The third-order valence-corrected chi connectivity index (χ3v) is 5.72. The molecule has 0 spiro atoms. The van der Waals surface area contributed by atoms with Gasteiger partial charge >= 0.3 is 0 Å². The fraction of sp³-hybridized carbons (Fsp3) is 0.690. The predicted octanol–water partition coefficient (Wildman–Crippen LogP) is 6.94. The van der Waals surface area contributed by atoms with Crippen LogP contribution in [0.25, 0.3) is 11.0 Å². The van der Waals surface area contributed by atoms with Crippen LogP contribution in [-0.2, 0) is 14.3 Å². The van der Waals surface area contributed by atoms with Crippen LogP contribution in [0.4, 0.5) is 4.39 Å². The average Bonchev–Trinajstić information content (AvgIpc) is 3.43. The van der Waals surface area contributed by atoms with Crippen LogP contribution in [0.15, 0.2) is 12.1 Å². The Labute approximate surface area is 224 Å². The Hall–Kier alpha value is -2.48. The molecule has 4 unspecified atom stereocenters. The van der Waals surface area contributed by atoms with Crippen LogP contribution in [0.5, 0.6) is 0 Å². The molecule has 0 aliphatic carbocycles. The number of rotatable bonds is 6. The van der Waals surface area contributed by atoms with Gasteiger partial charge in [0.25, 0.3) is 0 Å². The molecule has 0 radical (unpaired) electrons. The molecule has 1 aliphatic rings. The third-order valence-electron chi connectivity index (χ3n) is 5.72. The molecule has 37 heavy (non-hydrogen) atoms. The SMILES string of the molecule is CC.CC.CCC.CCCC1C(C)CC(c2nc3cc(F)c(C)cc3[nH]2)N1C(=O)C(C)COC.NC=O. The van der Waals surface area contributed by atoms with E-state index in [0.717, 1.165) is 30.6 Å². The maximum atomic E-state index is 13.9. The first-order valence-electron chi connectivity index (χ1n) is 13.8. The number of hydrogen-bond donors (Lipinski definition) is 2. The number of imidazole rings is 1. The molecular weight excluding hydrogens is 471 g/mol. The number of hydrogen-bond acceptors (Lipinski definition) is 4. The zero-order valence-corrected chi connectivity index (χ0v) is 25.2. The van der Waals surface area contributed by atoms with Gasteiger partial charge < -0.3 is 20.4 Å². The number of amides is 2. The van der Waals surface area contributed by atoms with E-state index in [1.807, 2.05) is 39.5 Å². The maximum Gasteiger partial charge on any atom is 0.228 e. The van der Waals surface area contributed by atoms with E-state index < -0.39 is 0 Å². The number of nitrogens with zero attached hydrogens (tertiary/aromatic N) is 2. The molecule has 1 aromatic heterocycles. The summed E-state index contributed by atoms with van der Waals surface area (Å²) in [6.07, 6.45) is 4.35. The van der Waals surface area contributed by atoms with Crippen molar-refractivity contribution in [1.82, 2.24) is 14.9 Å². The van der Waals surface area contributed by atoms with Crippen molar-refractivity contribution in [1.29, 1.82) is 0 Å². The predicted molar refractivity (Wildman–Crippen MR) is 153 cm³/mol. The van der Waals surface area contributed by atoms with Gasteiger partial charge in [0.2, 0.25) is 12.3 Å². The number of ether oxygens (including phenoxy) is 1. The number of methoxy groups -OCH3 is 1. The van der Waals surface area contributed by atoms with E-state index in [1.165, 1.54) is 12.5 Å². The molecule has 0 bridgehead atoms. The zero-order valence-electron chi connectivity index (χ0n) is 25.2. The van der Waals surface area contributed by atoms with Crippen molar-refractivity contribution in [3.8, 4) is 0 Å². The summed E-state index contributed by atoms with van der Waals surface area (Å²) in [7, 11) is 1.62. The van der Waals surface area contributed by atoms with Gasteiger partial charge in [-0.25, -0.2) is 9.37 Å². The van der Waals surface area contributed by atoms with Gasteiger partial charge in [0.05, 0.1) is 29.6 Å². The van der Waals surface area contributed by atoms with Gasteiger partial charge in [0.1, 0.15) is 11.6 Å². The van der Waals surface area contributed by atoms with Gasteiger partial charge in [-0.15, -0.1) is 0 Å². The van der Waals surface area contributed by atoms with Gasteiger partial charge in [0.15, 0.2) is 0 Å². The van der Waals surface area contributed by atoms with E-state index in [0.29, 0.717) is 23.6 Å². The van der Waals surface area contributed by atoms with E-state index in [2.05, 4.69) is 43.4 Å². The number of H-pyrrole nitrogens is 1. The van der Waals surface area contributed by atoms with E-state index in [4.69, 9.17) is 9.53 Å². The van der Waals surface area contributed by atoms with Crippen molar-refractivity contribution in [2.45, 2.75) is 107 Å². The van der Waals surface area contributed by atoms with Gasteiger partial charge in [-0.3, -0.25) is 9.59 Å². The fourth-order valence-electron chi connectivity index (χ4n) is 4.30. The second-order valence-electron chi connectivity index (χ2n) is 8.77. The Balaban J connectivity index is 0. The monoisotopic (exact) mass is 524 g/mol. The van der Waals surface area contributed by atoms with Gasteiger partial charge in [0, 0.05) is 19.2 Å². The Bertz CT molecular complexity index is 848. The minimum atomic E-state index is -0.258. The van der Waals surface area contributed by atoms with Crippen LogP contribution in [-0.4, -0.2) is 46.9 Å². The Morgan fingerprint density at radius 1 is 1.27 bits per heavy atom. The number of likely N-dealkylation sites (tertiary alicyclic amines) is 1. The van der Waals surface area contributed by atoms with Crippen molar-refractivity contribution < 1.29 is 18.7 Å². The number of aromatic amines is 1. The number of carbonyl (C=O) groups is 2. The molecule has 0 saturated carbocycles. The summed E-state index contributed by atoms with van der Waals surface area (Å²) < 4.78 is 19.1. The lowest BCUT2D eigenvalue weighted by molar-refractivity contribution is -0.140. The van der Waals surface area contributed by atoms with Crippen LogP contribution in [0.2, 0.25) is 0 Å². The molecular formula is C29H53FN4O3. The van der Waals surface area contributed by atoms with Crippen LogP contribution in [0.1, 0.15) is 105 Å². The molecule has 3 N–H and O–H groups in total. The number of aromatic nitrogens is 2. The van der Waals surface area contributed by atoms with Crippen molar-refractivity contribution in [3.63, 3.8) is 0 Å². The Morgan fingerprint density at radius 3 is 2.30 bits per heavy atom. The minimum Gasteiger partial charge on any atom is -0.384 e. The number of primary amides is 1. The lowest BCUT2D eigenvalue weighted by atomic mass is 9.97. The van der Waals surface area contributed by atoms with E-state index in [-0.39, 0.29) is 36.1 Å². The first kappa shape index (κ1) is 36.7. The van der Waals surface area contributed by atoms with Crippen molar-refractivity contribution in [2.75, 3.05) is 13.7 Å². The number of benzene rings is 1. The fourth-order valence-corrected chi connectivity index (χ4v) is 4.30. The van der Waals surface area contributed by atoms with Crippen LogP contribution in [0, 0.1) is 24.6 Å². The summed E-state index contributed by atoms with van der Waals surface area (Å²) in [5.41, 5.74) is 6.17. The number of fused-ring (bicyclic) bond motifs is 1. The molecule has 1 saturated heterocycles. The molecule has 2 amide bonds. The Kier molecular flexibility index (Phi) is 20.4. The van der Waals surface area contributed by atoms with Crippen LogP contribution >= 0.6 is 0 Å². The zero-order chi connectivity index (χ0) is 29.1. The molecule has 1 fully saturated rings. The van der Waals surface area contributed by atoms with E-state index >= 15 is 0 Å². The smallest absolute Gasteiger partial charge is 0.228 e. The molecule has 7 nitrogen and oxygen atoms in total. The Morgan fingerprint density at radius 2 is 1.81 bits per heavy atom. The molecule has 8 heteroatoms. The highest BCUT2D eigenvalue weighted by Crippen LogP contribution is 2.42. The average molecular weight is 525 g/mol. The van der Waals surface area contributed by atoms with E-state index in [1.54, 1.807) is 20.1 Å². The highest BCUT2D eigenvalue weighted by Gasteiger charge is 2.44. The second-order valence-corrected chi connectivity index (χ2v) is 8.77. The maximum absolute atomic E-state index is 13.9. The van der Waals surface area contributed by atoms with Crippen LogP contribution < -0.4 is 5.73 Å². The summed E-state index contributed by atoms with van der Waals surface area (Å²) in [5.74, 6) is 0.781. The molecule has 3 rings (SSSR count). The van der Waals surface area contributed by atoms with Crippen molar-refractivity contribution in [3.05, 3.63) is 29.3 Å². The molecule has 1 aromatic carbocycles. The first-order chi connectivity index (χ1) is 17.7. The molecule has 4 atom stereocenters. The lowest BCUT2D eigenvalue weighted by Gasteiger charge is -2.32.